The van der Waals surface area contributed by atoms with Crippen molar-refractivity contribution in [3.05, 3.63) is 68.9 Å². The van der Waals surface area contributed by atoms with Crippen molar-refractivity contribution in [2.45, 2.75) is 45.6 Å². The molecule has 7 nitrogen and oxygen atoms in total. The molecular weight excluding hydrogens is 440 g/mol. The number of carbonyl (C=O) groups is 1. The predicted molar refractivity (Wildman–Crippen MR) is 128 cm³/mol. The number of aryl methyl sites for hydroxylation is 2. The lowest BCUT2D eigenvalue weighted by atomic mass is 9.85. The number of nitrogens with zero attached hydrogens (tertiary/aromatic N) is 3. The van der Waals surface area contributed by atoms with Gasteiger partial charge in [-0.05, 0) is 63.3 Å². The summed E-state index contributed by atoms with van der Waals surface area (Å²) in [7, 11) is 0. The number of hydrogen-bond acceptors (Lipinski definition) is 5. The van der Waals surface area contributed by atoms with Crippen LogP contribution in [-0.4, -0.2) is 27.2 Å². The first-order chi connectivity index (χ1) is 15.9. The third-order valence-corrected chi connectivity index (χ3v) is 6.94. The van der Waals surface area contributed by atoms with Crippen molar-refractivity contribution < 1.29 is 9.32 Å². The summed E-state index contributed by atoms with van der Waals surface area (Å²) in [5, 5.41) is 8.94. The molecule has 1 aliphatic rings. The highest BCUT2D eigenvalue weighted by molar-refractivity contribution is 6.37. The van der Waals surface area contributed by atoms with Crippen LogP contribution in [0.4, 0.5) is 0 Å². The molecule has 3 heterocycles. The van der Waals surface area contributed by atoms with Gasteiger partial charge in [-0.15, -0.1) is 0 Å². The number of pyridine rings is 2. The van der Waals surface area contributed by atoms with Crippen molar-refractivity contribution in [1.29, 1.82) is 0 Å². The van der Waals surface area contributed by atoms with E-state index >= 15 is 0 Å². The summed E-state index contributed by atoms with van der Waals surface area (Å²) in [5.74, 6) is 0.643. The minimum absolute atomic E-state index is 0.00820. The van der Waals surface area contributed by atoms with Gasteiger partial charge in [0.1, 0.15) is 16.7 Å². The Hall–Kier alpha value is -3.19. The predicted octanol–water partition coefficient (Wildman–Crippen LogP) is 4.97. The van der Waals surface area contributed by atoms with E-state index in [-0.39, 0.29) is 23.4 Å². The maximum Gasteiger partial charge on any atom is 0.264 e. The molecule has 0 aliphatic heterocycles. The molecule has 8 heteroatoms. The maximum atomic E-state index is 13.6. The number of carbonyl (C=O) groups excluding carboxylic acids is 1. The number of benzene rings is 1. The zero-order chi connectivity index (χ0) is 23.1. The summed E-state index contributed by atoms with van der Waals surface area (Å²) in [5.41, 5.74) is 2.62. The third kappa shape index (κ3) is 3.91. The van der Waals surface area contributed by atoms with Gasteiger partial charge in [0.2, 0.25) is 0 Å². The van der Waals surface area contributed by atoms with Gasteiger partial charge in [0.15, 0.2) is 0 Å². The molecule has 1 saturated carbocycles. The summed E-state index contributed by atoms with van der Waals surface area (Å²) < 4.78 is 7.23. The van der Waals surface area contributed by atoms with Crippen LogP contribution in [-0.2, 0) is 0 Å². The van der Waals surface area contributed by atoms with E-state index in [1.807, 2.05) is 29.7 Å². The Kier molecular flexibility index (Phi) is 5.66. The normalized spacial score (nSPS) is 18.6. The van der Waals surface area contributed by atoms with Crippen LogP contribution in [0.1, 0.15) is 53.5 Å². The quantitative estimate of drug-likeness (QED) is 0.460. The van der Waals surface area contributed by atoms with E-state index in [2.05, 4.69) is 15.5 Å². The van der Waals surface area contributed by atoms with Crippen molar-refractivity contribution in [2.75, 3.05) is 6.54 Å². The van der Waals surface area contributed by atoms with Gasteiger partial charge in [-0.25, -0.2) is 0 Å². The Morgan fingerprint density at radius 2 is 2.06 bits per heavy atom. The molecule has 1 aliphatic carbocycles. The van der Waals surface area contributed by atoms with Crippen LogP contribution in [0.5, 0.6) is 0 Å². The van der Waals surface area contributed by atoms with E-state index in [9.17, 15) is 9.59 Å². The van der Waals surface area contributed by atoms with Crippen LogP contribution in [0.3, 0.4) is 0 Å². The highest BCUT2D eigenvalue weighted by Gasteiger charge is 2.28. The van der Waals surface area contributed by atoms with Crippen LogP contribution < -0.4 is 10.9 Å². The Labute approximate surface area is 195 Å². The third-order valence-electron chi connectivity index (χ3n) is 6.63. The molecule has 5 rings (SSSR count). The Morgan fingerprint density at radius 3 is 2.85 bits per heavy atom. The largest absolute Gasteiger partial charge is 0.360 e. The summed E-state index contributed by atoms with van der Waals surface area (Å²) in [4.78, 5) is 30.3. The van der Waals surface area contributed by atoms with Crippen molar-refractivity contribution in [3.63, 3.8) is 0 Å². The van der Waals surface area contributed by atoms with Gasteiger partial charge in [0, 0.05) is 29.9 Å². The van der Waals surface area contributed by atoms with Crippen LogP contribution in [0.2, 0.25) is 5.02 Å². The van der Waals surface area contributed by atoms with Crippen LogP contribution in [0.25, 0.3) is 21.8 Å². The lowest BCUT2D eigenvalue weighted by molar-refractivity contribution is 0.0940. The number of aromatic nitrogens is 3. The highest BCUT2D eigenvalue weighted by Crippen LogP contribution is 2.36. The fraction of sp³-hybridized carbons (Fsp3) is 0.360. The van der Waals surface area contributed by atoms with E-state index in [1.165, 1.54) is 0 Å². The number of nitrogens with one attached hydrogen (secondary N) is 1. The van der Waals surface area contributed by atoms with Gasteiger partial charge in [-0.1, -0.05) is 29.2 Å². The molecule has 0 radical (unpaired) electrons. The van der Waals surface area contributed by atoms with E-state index < -0.39 is 0 Å². The van der Waals surface area contributed by atoms with Crippen molar-refractivity contribution >= 4 is 39.3 Å². The first-order valence-corrected chi connectivity index (χ1v) is 11.6. The molecule has 1 fully saturated rings. The van der Waals surface area contributed by atoms with E-state index in [1.54, 1.807) is 25.3 Å². The second-order valence-electron chi connectivity index (χ2n) is 8.86. The monoisotopic (exact) mass is 464 g/mol. The average Bonchev–Trinajstić information content (AvgIpc) is 3.20. The van der Waals surface area contributed by atoms with Crippen molar-refractivity contribution in [2.24, 2.45) is 5.92 Å². The molecule has 0 saturated heterocycles. The average molecular weight is 465 g/mol. The number of halogens is 1. The van der Waals surface area contributed by atoms with Gasteiger partial charge in [0.25, 0.3) is 11.5 Å². The lowest BCUT2D eigenvalue weighted by Crippen LogP contribution is -2.34. The lowest BCUT2D eigenvalue weighted by Gasteiger charge is -2.31. The SMILES string of the molecule is Cc1ccc(C(=O)NC[C@@H]2CCC[C@H](n3c(=O)c4c(C)onc4c4c(Cl)cccc43)C2)cn1. The summed E-state index contributed by atoms with van der Waals surface area (Å²) in [6.45, 7) is 4.20. The van der Waals surface area contributed by atoms with Gasteiger partial charge < -0.3 is 14.4 Å². The molecule has 2 atom stereocenters. The number of amides is 1. The molecule has 1 amide bonds. The smallest absolute Gasteiger partial charge is 0.264 e. The number of rotatable bonds is 4. The maximum absolute atomic E-state index is 13.6. The first kappa shape index (κ1) is 21.6. The molecule has 33 heavy (non-hydrogen) atoms. The highest BCUT2D eigenvalue weighted by atomic mass is 35.5. The zero-order valence-corrected chi connectivity index (χ0v) is 19.4. The second-order valence-corrected chi connectivity index (χ2v) is 9.26. The zero-order valence-electron chi connectivity index (χ0n) is 18.6. The van der Waals surface area contributed by atoms with Crippen molar-refractivity contribution in [1.82, 2.24) is 20.0 Å². The van der Waals surface area contributed by atoms with Gasteiger partial charge in [-0.2, -0.15) is 0 Å². The number of hydrogen-bond donors (Lipinski definition) is 1. The second kappa shape index (κ2) is 8.63. The van der Waals surface area contributed by atoms with Gasteiger partial charge >= 0.3 is 0 Å². The molecule has 4 aromatic rings. The minimum atomic E-state index is -0.125. The molecule has 1 aromatic carbocycles. The molecule has 0 bridgehead atoms. The summed E-state index contributed by atoms with van der Waals surface area (Å²) in [6, 6.07) is 9.21. The first-order valence-electron chi connectivity index (χ1n) is 11.2. The standard InChI is InChI=1S/C25H25ClN4O3/c1-14-9-10-17(13-27-14)24(31)28-12-16-5-3-6-18(11-16)30-20-8-4-7-19(26)22(20)23-21(25(30)32)15(2)33-29-23/h4,7-10,13,16,18H,3,5-6,11-12H2,1-2H3,(H,28,31)/t16-,18+/m1/s1. The van der Waals surface area contributed by atoms with Crippen LogP contribution in [0, 0.1) is 19.8 Å². The van der Waals surface area contributed by atoms with Gasteiger partial charge in [-0.3, -0.25) is 14.6 Å². The molecular formula is C25H25ClN4O3. The topological polar surface area (TPSA) is 90.0 Å². The summed E-state index contributed by atoms with van der Waals surface area (Å²) in [6.07, 6.45) is 5.27. The van der Waals surface area contributed by atoms with E-state index in [0.29, 0.717) is 33.8 Å². The van der Waals surface area contributed by atoms with Gasteiger partial charge in [0.05, 0.1) is 16.1 Å². The molecule has 3 aromatic heterocycles. The Bertz CT molecular complexity index is 1410. The molecule has 0 unspecified atom stereocenters. The van der Waals surface area contributed by atoms with Crippen molar-refractivity contribution in [3.8, 4) is 0 Å². The number of fused-ring (bicyclic) bond motifs is 3. The molecule has 170 valence electrons. The fourth-order valence-electron chi connectivity index (χ4n) is 4.96. The van der Waals surface area contributed by atoms with E-state index in [4.69, 9.17) is 16.1 Å². The molecule has 1 N–H and O–H groups in total. The Morgan fingerprint density at radius 1 is 1.21 bits per heavy atom. The Balaban J connectivity index is 1.44. The summed E-state index contributed by atoms with van der Waals surface area (Å²) >= 11 is 6.54. The molecule has 0 spiro atoms. The van der Waals surface area contributed by atoms with Crippen LogP contribution in [0.15, 0.2) is 45.8 Å². The van der Waals surface area contributed by atoms with E-state index in [0.717, 1.165) is 42.3 Å². The van der Waals surface area contributed by atoms with Crippen LogP contribution >= 0.6 is 11.6 Å². The minimum Gasteiger partial charge on any atom is -0.360 e. The fourth-order valence-corrected chi connectivity index (χ4v) is 5.22.